The molecule has 1 N–H and O–H groups in total. The standard InChI is InChI=1S/C17H22N4O2/c1-13-10-21(16(22)15-12-19(2)17(23)18-15)9-8-20(13)11-14-6-4-3-5-7-14/h3-7,12-13H,8-11H2,1-2H3,(H,18,23). The van der Waals surface area contributed by atoms with Crippen molar-refractivity contribution in [3.63, 3.8) is 0 Å². The quantitative estimate of drug-likeness (QED) is 0.921. The Kier molecular flexibility index (Phi) is 4.34. The van der Waals surface area contributed by atoms with Gasteiger partial charge in [-0.15, -0.1) is 0 Å². The van der Waals surface area contributed by atoms with Crippen molar-refractivity contribution in [2.24, 2.45) is 7.05 Å². The molecule has 0 spiro atoms. The molecule has 1 aliphatic rings. The van der Waals surface area contributed by atoms with Crippen LogP contribution in [-0.4, -0.2) is 50.9 Å². The molecule has 1 fully saturated rings. The van der Waals surface area contributed by atoms with E-state index >= 15 is 0 Å². The molecule has 2 aromatic rings. The first kappa shape index (κ1) is 15.6. The minimum atomic E-state index is -0.260. The van der Waals surface area contributed by atoms with Crippen molar-refractivity contribution in [3.8, 4) is 0 Å². The predicted octanol–water partition coefficient (Wildman–Crippen LogP) is 1.06. The molecular formula is C17H22N4O2. The molecule has 0 aliphatic carbocycles. The fourth-order valence-corrected chi connectivity index (χ4v) is 3.00. The molecule has 0 bridgehead atoms. The first-order chi connectivity index (χ1) is 11.0. The Morgan fingerprint density at radius 2 is 2.00 bits per heavy atom. The number of aryl methyl sites for hydroxylation is 1. The molecule has 0 saturated carbocycles. The topological polar surface area (TPSA) is 61.3 Å². The lowest BCUT2D eigenvalue weighted by Gasteiger charge is -2.39. The maximum atomic E-state index is 12.5. The zero-order valence-electron chi connectivity index (χ0n) is 13.5. The summed E-state index contributed by atoms with van der Waals surface area (Å²) < 4.78 is 1.39. The van der Waals surface area contributed by atoms with Crippen molar-refractivity contribution in [1.29, 1.82) is 0 Å². The van der Waals surface area contributed by atoms with Gasteiger partial charge in [-0.3, -0.25) is 9.69 Å². The highest BCUT2D eigenvalue weighted by molar-refractivity contribution is 5.92. The second-order valence-corrected chi connectivity index (χ2v) is 6.14. The molecular weight excluding hydrogens is 292 g/mol. The monoisotopic (exact) mass is 314 g/mol. The number of imidazole rings is 1. The van der Waals surface area contributed by atoms with Crippen LogP contribution in [0.15, 0.2) is 41.3 Å². The smallest absolute Gasteiger partial charge is 0.325 e. The second-order valence-electron chi connectivity index (χ2n) is 6.14. The van der Waals surface area contributed by atoms with Gasteiger partial charge in [0.15, 0.2) is 0 Å². The van der Waals surface area contributed by atoms with Gasteiger partial charge in [0.05, 0.1) is 0 Å². The molecule has 2 heterocycles. The van der Waals surface area contributed by atoms with E-state index in [2.05, 4.69) is 28.9 Å². The number of aromatic nitrogens is 2. The number of nitrogens with zero attached hydrogens (tertiary/aromatic N) is 3. The Morgan fingerprint density at radius 1 is 1.26 bits per heavy atom. The van der Waals surface area contributed by atoms with Crippen molar-refractivity contribution in [3.05, 3.63) is 58.3 Å². The molecule has 122 valence electrons. The fraction of sp³-hybridized carbons (Fsp3) is 0.412. The molecule has 1 unspecified atom stereocenters. The van der Waals surface area contributed by atoms with Crippen molar-refractivity contribution < 1.29 is 4.79 Å². The minimum Gasteiger partial charge on any atom is -0.334 e. The molecule has 1 aromatic heterocycles. The summed E-state index contributed by atoms with van der Waals surface area (Å²) in [7, 11) is 1.63. The van der Waals surface area contributed by atoms with Crippen molar-refractivity contribution in [1.82, 2.24) is 19.4 Å². The Hall–Kier alpha value is -2.34. The third-order valence-corrected chi connectivity index (χ3v) is 4.40. The minimum absolute atomic E-state index is 0.103. The third-order valence-electron chi connectivity index (χ3n) is 4.40. The predicted molar refractivity (Wildman–Crippen MR) is 88.3 cm³/mol. The number of H-pyrrole nitrogens is 1. The number of benzene rings is 1. The van der Waals surface area contributed by atoms with Gasteiger partial charge in [-0.2, -0.15) is 0 Å². The summed E-state index contributed by atoms with van der Waals surface area (Å²) >= 11 is 0. The van der Waals surface area contributed by atoms with Crippen LogP contribution in [0.3, 0.4) is 0 Å². The number of amides is 1. The number of rotatable bonds is 3. The van der Waals surface area contributed by atoms with E-state index in [0.717, 1.165) is 13.1 Å². The van der Waals surface area contributed by atoms with Gasteiger partial charge in [-0.25, -0.2) is 4.79 Å². The number of carbonyl (C=O) groups excluding carboxylic acids is 1. The van der Waals surface area contributed by atoms with Crippen LogP contribution < -0.4 is 5.69 Å². The highest BCUT2D eigenvalue weighted by Crippen LogP contribution is 2.15. The van der Waals surface area contributed by atoms with Crippen LogP contribution in [0, 0.1) is 0 Å². The summed E-state index contributed by atoms with van der Waals surface area (Å²) in [5.41, 5.74) is 1.39. The van der Waals surface area contributed by atoms with Crippen molar-refractivity contribution >= 4 is 5.91 Å². The van der Waals surface area contributed by atoms with Crippen molar-refractivity contribution in [2.45, 2.75) is 19.5 Å². The maximum absolute atomic E-state index is 12.5. The van der Waals surface area contributed by atoms with E-state index in [1.54, 1.807) is 13.2 Å². The first-order valence-electron chi connectivity index (χ1n) is 7.87. The van der Waals surface area contributed by atoms with Crippen LogP contribution in [-0.2, 0) is 13.6 Å². The van der Waals surface area contributed by atoms with E-state index in [4.69, 9.17) is 0 Å². The summed E-state index contributed by atoms with van der Waals surface area (Å²) in [6, 6.07) is 10.6. The zero-order chi connectivity index (χ0) is 16.4. The number of piperazine rings is 1. The average molecular weight is 314 g/mol. The van der Waals surface area contributed by atoms with Gasteiger partial charge >= 0.3 is 5.69 Å². The van der Waals surface area contributed by atoms with Crippen LogP contribution in [0.1, 0.15) is 23.0 Å². The molecule has 1 atom stereocenters. The summed E-state index contributed by atoms with van der Waals surface area (Å²) in [4.78, 5) is 30.8. The van der Waals surface area contributed by atoms with Gasteiger partial charge in [0, 0.05) is 45.5 Å². The van der Waals surface area contributed by atoms with Crippen LogP contribution in [0.25, 0.3) is 0 Å². The zero-order valence-corrected chi connectivity index (χ0v) is 13.5. The largest absolute Gasteiger partial charge is 0.334 e. The third kappa shape index (κ3) is 3.37. The van der Waals surface area contributed by atoms with E-state index in [0.29, 0.717) is 18.8 Å². The van der Waals surface area contributed by atoms with Gasteiger partial charge in [0.1, 0.15) is 5.69 Å². The number of aromatic amines is 1. The Morgan fingerprint density at radius 3 is 2.61 bits per heavy atom. The van der Waals surface area contributed by atoms with Gasteiger partial charge in [-0.05, 0) is 12.5 Å². The van der Waals surface area contributed by atoms with Crippen LogP contribution in [0.2, 0.25) is 0 Å². The lowest BCUT2D eigenvalue weighted by molar-refractivity contribution is 0.0490. The molecule has 0 radical (unpaired) electrons. The van der Waals surface area contributed by atoms with Gasteiger partial charge in [-0.1, -0.05) is 30.3 Å². The lowest BCUT2D eigenvalue weighted by Crippen LogP contribution is -2.53. The lowest BCUT2D eigenvalue weighted by atomic mass is 10.1. The number of carbonyl (C=O) groups is 1. The Bertz CT molecular complexity index is 735. The van der Waals surface area contributed by atoms with Gasteiger partial charge in [0.2, 0.25) is 0 Å². The number of hydrogen-bond acceptors (Lipinski definition) is 3. The number of hydrogen-bond donors (Lipinski definition) is 1. The summed E-state index contributed by atoms with van der Waals surface area (Å²) in [5, 5.41) is 0. The van der Waals surface area contributed by atoms with Crippen LogP contribution in [0.5, 0.6) is 0 Å². The molecule has 1 aliphatic heterocycles. The molecule has 6 nitrogen and oxygen atoms in total. The first-order valence-corrected chi connectivity index (χ1v) is 7.87. The Labute approximate surface area is 135 Å². The highest BCUT2D eigenvalue weighted by Gasteiger charge is 2.28. The van der Waals surface area contributed by atoms with E-state index in [1.807, 2.05) is 23.1 Å². The van der Waals surface area contributed by atoms with Gasteiger partial charge < -0.3 is 14.5 Å². The highest BCUT2D eigenvalue weighted by atomic mass is 16.2. The van der Waals surface area contributed by atoms with Crippen LogP contribution >= 0.6 is 0 Å². The number of nitrogens with one attached hydrogen (secondary N) is 1. The summed E-state index contributed by atoms with van der Waals surface area (Å²) in [6.45, 7) is 5.21. The molecule has 23 heavy (non-hydrogen) atoms. The van der Waals surface area contributed by atoms with E-state index in [1.165, 1.54) is 10.1 Å². The molecule has 6 heteroatoms. The van der Waals surface area contributed by atoms with E-state index < -0.39 is 0 Å². The van der Waals surface area contributed by atoms with E-state index in [9.17, 15) is 9.59 Å². The molecule has 1 aromatic carbocycles. The normalized spacial score (nSPS) is 19.0. The molecule has 3 rings (SSSR count). The SMILES string of the molecule is CC1CN(C(=O)c2cn(C)c(=O)[nH]2)CCN1Cc1ccccc1. The summed E-state index contributed by atoms with van der Waals surface area (Å²) in [6.07, 6.45) is 1.56. The van der Waals surface area contributed by atoms with Crippen molar-refractivity contribution in [2.75, 3.05) is 19.6 Å². The summed E-state index contributed by atoms with van der Waals surface area (Å²) in [5.74, 6) is -0.103. The van der Waals surface area contributed by atoms with Crippen LogP contribution in [0.4, 0.5) is 0 Å². The van der Waals surface area contributed by atoms with E-state index in [-0.39, 0.29) is 17.6 Å². The Balaban J connectivity index is 1.64. The average Bonchev–Trinajstić information content (AvgIpc) is 2.89. The molecule has 1 saturated heterocycles. The second kappa shape index (κ2) is 6.42. The maximum Gasteiger partial charge on any atom is 0.325 e. The molecule has 1 amide bonds. The fourth-order valence-electron chi connectivity index (χ4n) is 3.00. The van der Waals surface area contributed by atoms with Gasteiger partial charge in [0.25, 0.3) is 5.91 Å².